The quantitative estimate of drug-likeness (QED) is 0.881. The van der Waals surface area contributed by atoms with E-state index in [0.717, 1.165) is 11.4 Å². The van der Waals surface area contributed by atoms with Gasteiger partial charge in [-0.15, -0.1) is 11.3 Å². The van der Waals surface area contributed by atoms with Crippen LogP contribution in [0.3, 0.4) is 0 Å². The van der Waals surface area contributed by atoms with E-state index in [2.05, 4.69) is 4.98 Å². The van der Waals surface area contributed by atoms with Gasteiger partial charge in [0.1, 0.15) is 4.88 Å². The molecule has 17 heavy (non-hydrogen) atoms. The number of carbonyl (C=O) groups excluding carboxylic acids is 1. The van der Waals surface area contributed by atoms with E-state index in [9.17, 15) is 9.59 Å². The summed E-state index contributed by atoms with van der Waals surface area (Å²) in [6.07, 6.45) is 3.54. The van der Waals surface area contributed by atoms with Gasteiger partial charge in [0.05, 0.1) is 11.2 Å². The van der Waals surface area contributed by atoms with Crippen LogP contribution in [0.5, 0.6) is 0 Å². The van der Waals surface area contributed by atoms with Crippen LogP contribution in [0.4, 0.5) is 0 Å². The Morgan fingerprint density at radius 3 is 3.00 bits per heavy atom. The summed E-state index contributed by atoms with van der Waals surface area (Å²) in [5.41, 5.74) is 0. The molecule has 1 aromatic heterocycles. The zero-order valence-electron chi connectivity index (χ0n) is 9.55. The van der Waals surface area contributed by atoms with E-state index in [4.69, 9.17) is 5.11 Å². The Hall–Kier alpha value is -1.43. The van der Waals surface area contributed by atoms with Crippen molar-refractivity contribution < 1.29 is 14.7 Å². The number of carboxylic acids is 1. The Morgan fingerprint density at radius 2 is 2.47 bits per heavy atom. The fraction of sp³-hybridized carbons (Fsp3) is 0.545. The van der Waals surface area contributed by atoms with Crippen molar-refractivity contribution in [3.63, 3.8) is 0 Å². The van der Waals surface area contributed by atoms with Crippen molar-refractivity contribution in [2.24, 2.45) is 0 Å². The van der Waals surface area contributed by atoms with Gasteiger partial charge in [0.15, 0.2) is 0 Å². The molecule has 1 aromatic rings. The number of carbonyl (C=O) groups is 2. The normalized spacial score (nSPS) is 19.9. The molecule has 2 rings (SSSR count). The number of thiazole rings is 1. The molecular formula is C11H14N2O3S. The molecule has 6 heteroatoms. The first-order valence-corrected chi connectivity index (χ1v) is 6.37. The van der Waals surface area contributed by atoms with Crippen molar-refractivity contribution >= 4 is 23.2 Å². The molecule has 0 saturated carbocycles. The molecule has 0 aliphatic carbocycles. The van der Waals surface area contributed by atoms with Gasteiger partial charge in [-0.05, 0) is 13.3 Å². The molecule has 92 valence electrons. The number of aromatic carboxylic acids is 1. The van der Waals surface area contributed by atoms with Crippen LogP contribution < -0.4 is 0 Å². The molecule has 2 heterocycles. The van der Waals surface area contributed by atoms with Crippen LogP contribution in [0.15, 0.2) is 6.20 Å². The van der Waals surface area contributed by atoms with Crippen LogP contribution in [0, 0.1) is 0 Å². The Bertz CT molecular complexity index is 444. The van der Waals surface area contributed by atoms with Crippen LogP contribution in [0.25, 0.3) is 0 Å². The summed E-state index contributed by atoms with van der Waals surface area (Å²) in [6.45, 7) is 2.67. The topological polar surface area (TPSA) is 70.5 Å². The lowest BCUT2D eigenvalue weighted by Crippen LogP contribution is -2.32. The minimum Gasteiger partial charge on any atom is -0.477 e. The Kier molecular flexibility index (Phi) is 3.42. The number of carboxylic acid groups (broad SMARTS) is 1. The average Bonchev–Trinajstić information content (AvgIpc) is 2.85. The summed E-state index contributed by atoms with van der Waals surface area (Å²) in [7, 11) is 0. The lowest BCUT2D eigenvalue weighted by Gasteiger charge is -2.20. The van der Waals surface area contributed by atoms with Gasteiger partial charge in [0.2, 0.25) is 5.91 Å². The molecule has 1 aliphatic rings. The number of amides is 1. The predicted molar refractivity (Wildman–Crippen MR) is 63.2 cm³/mol. The first-order valence-electron chi connectivity index (χ1n) is 5.55. The molecule has 1 fully saturated rings. The van der Waals surface area contributed by atoms with Gasteiger partial charge in [-0.2, -0.15) is 0 Å². The highest BCUT2D eigenvalue weighted by Crippen LogP contribution is 2.19. The largest absolute Gasteiger partial charge is 0.477 e. The fourth-order valence-electron chi connectivity index (χ4n) is 1.96. The third-order valence-corrected chi connectivity index (χ3v) is 4.00. The van der Waals surface area contributed by atoms with E-state index >= 15 is 0 Å². The van der Waals surface area contributed by atoms with Crippen molar-refractivity contribution in [3.05, 3.63) is 16.1 Å². The summed E-state index contributed by atoms with van der Waals surface area (Å²) < 4.78 is 0. The molecule has 1 N–H and O–H groups in total. The van der Waals surface area contributed by atoms with Crippen molar-refractivity contribution in [3.8, 4) is 0 Å². The monoisotopic (exact) mass is 254 g/mol. The van der Waals surface area contributed by atoms with Gasteiger partial charge in [0.25, 0.3) is 0 Å². The molecule has 0 bridgehead atoms. The van der Waals surface area contributed by atoms with Gasteiger partial charge in [-0.25, -0.2) is 9.78 Å². The number of hydrogen-bond donors (Lipinski definition) is 1. The average molecular weight is 254 g/mol. The first-order chi connectivity index (χ1) is 8.08. The zero-order valence-corrected chi connectivity index (χ0v) is 10.4. The molecule has 1 unspecified atom stereocenters. The predicted octanol–water partition coefficient (Wildman–Crippen LogP) is 1.39. The van der Waals surface area contributed by atoms with E-state index in [1.807, 2.05) is 11.8 Å². The molecule has 0 aromatic carbocycles. The number of aromatic nitrogens is 1. The lowest BCUT2D eigenvalue weighted by molar-refractivity contribution is -0.128. The van der Waals surface area contributed by atoms with Crippen molar-refractivity contribution in [2.75, 3.05) is 6.54 Å². The first kappa shape index (κ1) is 12.0. The van der Waals surface area contributed by atoms with E-state index in [-0.39, 0.29) is 10.8 Å². The molecule has 0 spiro atoms. The van der Waals surface area contributed by atoms with Gasteiger partial charge in [0, 0.05) is 25.4 Å². The summed E-state index contributed by atoms with van der Waals surface area (Å²) >= 11 is 1.18. The summed E-state index contributed by atoms with van der Waals surface area (Å²) in [5.74, 6) is -0.758. The summed E-state index contributed by atoms with van der Waals surface area (Å²) in [4.78, 5) is 28.4. The molecular weight excluding hydrogens is 240 g/mol. The van der Waals surface area contributed by atoms with Crippen LogP contribution >= 0.6 is 11.3 Å². The minimum atomic E-state index is -0.945. The number of likely N-dealkylation sites (tertiary alicyclic amines) is 1. The molecule has 1 amide bonds. The number of hydrogen-bond acceptors (Lipinski definition) is 4. The van der Waals surface area contributed by atoms with Crippen molar-refractivity contribution in [1.29, 1.82) is 0 Å². The third-order valence-electron chi connectivity index (χ3n) is 2.96. The van der Waals surface area contributed by atoms with Gasteiger partial charge < -0.3 is 10.0 Å². The maximum Gasteiger partial charge on any atom is 0.347 e. The van der Waals surface area contributed by atoms with E-state index < -0.39 is 5.97 Å². The Labute approximate surface area is 103 Å². The summed E-state index contributed by atoms with van der Waals surface area (Å²) in [5, 5.41) is 9.54. The van der Waals surface area contributed by atoms with Crippen LogP contribution in [0.1, 0.15) is 34.4 Å². The SMILES string of the molecule is CC1CCC(=O)N1CCc1ncc(C(=O)O)s1. The molecule has 1 atom stereocenters. The van der Waals surface area contributed by atoms with Crippen LogP contribution in [0.2, 0.25) is 0 Å². The number of nitrogens with zero attached hydrogens (tertiary/aromatic N) is 2. The highest BCUT2D eigenvalue weighted by molar-refractivity contribution is 7.13. The second kappa shape index (κ2) is 4.83. The standard InChI is InChI=1S/C11H14N2O3S/c1-7-2-3-10(14)13(7)5-4-9-12-6-8(17-9)11(15)16/h6-7H,2-5H2,1H3,(H,15,16). The second-order valence-electron chi connectivity index (χ2n) is 4.15. The van der Waals surface area contributed by atoms with Crippen molar-refractivity contribution in [1.82, 2.24) is 9.88 Å². The highest BCUT2D eigenvalue weighted by atomic mass is 32.1. The summed E-state index contributed by atoms with van der Waals surface area (Å²) in [6, 6.07) is 0.293. The van der Waals surface area contributed by atoms with Crippen LogP contribution in [-0.2, 0) is 11.2 Å². The molecule has 1 aliphatic heterocycles. The molecule has 0 radical (unpaired) electrons. The van der Waals surface area contributed by atoms with Crippen LogP contribution in [-0.4, -0.2) is 39.5 Å². The highest BCUT2D eigenvalue weighted by Gasteiger charge is 2.27. The Morgan fingerprint density at radius 1 is 1.71 bits per heavy atom. The smallest absolute Gasteiger partial charge is 0.347 e. The van der Waals surface area contributed by atoms with E-state index in [1.54, 1.807) is 0 Å². The van der Waals surface area contributed by atoms with Gasteiger partial charge >= 0.3 is 5.97 Å². The molecule has 1 saturated heterocycles. The van der Waals surface area contributed by atoms with Gasteiger partial charge in [-0.1, -0.05) is 0 Å². The maximum atomic E-state index is 11.5. The zero-order chi connectivity index (χ0) is 12.4. The lowest BCUT2D eigenvalue weighted by atomic mass is 10.2. The fourth-order valence-corrected chi connectivity index (χ4v) is 2.71. The third kappa shape index (κ3) is 2.63. The molecule has 5 nitrogen and oxygen atoms in total. The maximum absolute atomic E-state index is 11.5. The number of rotatable bonds is 4. The van der Waals surface area contributed by atoms with Crippen molar-refractivity contribution in [2.45, 2.75) is 32.2 Å². The van der Waals surface area contributed by atoms with E-state index in [0.29, 0.717) is 25.4 Å². The minimum absolute atomic E-state index is 0.188. The second-order valence-corrected chi connectivity index (χ2v) is 5.26. The Balaban J connectivity index is 1.93. The van der Waals surface area contributed by atoms with E-state index in [1.165, 1.54) is 17.5 Å². The van der Waals surface area contributed by atoms with Gasteiger partial charge in [-0.3, -0.25) is 4.79 Å².